The van der Waals surface area contributed by atoms with Crippen molar-refractivity contribution >= 4 is 27.5 Å². The summed E-state index contributed by atoms with van der Waals surface area (Å²) in [5.74, 6) is 0.873. The van der Waals surface area contributed by atoms with Gasteiger partial charge in [-0.3, -0.25) is 0 Å². The highest BCUT2D eigenvalue weighted by Gasteiger charge is 2.26. The first-order chi connectivity index (χ1) is 9.15. The van der Waals surface area contributed by atoms with E-state index in [1.807, 2.05) is 42.5 Å². The van der Waals surface area contributed by atoms with Gasteiger partial charge in [0, 0.05) is 22.5 Å². The van der Waals surface area contributed by atoms with Gasteiger partial charge in [0.05, 0.1) is 5.02 Å². The Labute approximate surface area is 125 Å². The average Bonchev–Trinajstić information content (AvgIpc) is 2.42. The van der Waals surface area contributed by atoms with Gasteiger partial charge in [-0.1, -0.05) is 35.9 Å². The van der Waals surface area contributed by atoms with Crippen molar-refractivity contribution in [1.82, 2.24) is 0 Å². The molecule has 1 aliphatic rings. The molecule has 0 fully saturated rings. The van der Waals surface area contributed by atoms with Gasteiger partial charge < -0.3 is 10.5 Å². The highest BCUT2D eigenvalue weighted by atomic mass is 79.9. The Kier molecular flexibility index (Phi) is 3.52. The van der Waals surface area contributed by atoms with Crippen LogP contribution in [0.15, 0.2) is 46.9 Å². The molecule has 0 saturated heterocycles. The molecule has 2 atom stereocenters. The van der Waals surface area contributed by atoms with Crippen LogP contribution in [-0.2, 0) is 0 Å². The zero-order valence-electron chi connectivity index (χ0n) is 10.1. The van der Waals surface area contributed by atoms with Gasteiger partial charge in [-0.15, -0.1) is 0 Å². The van der Waals surface area contributed by atoms with Gasteiger partial charge in [0.2, 0.25) is 0 Å². The van der Waals surface area contributed by atoms with E-state index in [1.165, 1.54) is 0 Å². The van der Waals surface area contributed by atoms with E-state index in [9.17, 15) is 0 Å². The highest BCUT2D eigenvalue weighted by Crippen LogP contribution is 2.40. The van der Waals surface area contributed by atoms with Crippen molar-refractivity contribution in [3.8, 4) is 5.75 Å². The molecule has 1 aliphatic heterocycles. The minimum Gasteiger partial charge on any atom is -0.485 e. The van der Waals surface area contributed by atoms with E-state index in [0.29, 0.717) is 5.02 Å². The summed E-state index contributed by atoms with van der Waals surface area (Å²) in [7, 11) is 0. The second-order valence-electron chi connectivity index (χ2n) is 4.66. The molecule has 19 heavy (non-hydrogen) atoms. The van der Waals surface area contributed by atoms with Crippen LogP contribution < -0.4 is 10.5 Å². The molecule has 0 saturated carbocycles. The number of fused-ring (bicyclic) bond motifs is 1. The third-order valence-corrected chi connectivity index (χ3v) is 4.59. The maximum absolute atomic E-state index is 6.22. The molecule has 2 nitrogen and oxygen atoms in total. The second kappa shape index (κ2) is 5.16. The topological polar surface area (TPSA) is 35.2 Å². The molecule has 2 N–H and O–H groups in total. The molecule has 98 valence electrons. The van der Waals surface area contributed by atoms with Gasteiger partial charge in [-0.2, -0.15) is 0 Å². The summed E-state index contributed by atoms with van der Waals surface area (Å²) in [5, 5.41) is 0.698. The van der Waals surface area contributed by atoms with E-state index < -0.39 is 0 Å². The van der Waals surface area contributed by atoms with Crippen molar-refractivity contribution in [3.05, 3.63) is 63.1 Å². The quantitative estimate of drug-likeness (QED) is 0.823. The molecule has 0 amide bonds. The van der Waals surface area contributed by atoms with Crippen LogP contribution in [0.25, 0.3) is 0 Å². The van der Waals surface area contributed by atoms with Crippen molar-refractivity contribution in [1.29, 1.82) is 0 Å². The Morgan fingerprint density at radius 3 is 2.79 bits per heavy atom. The summed E-state index contributed by atoms with van der Waals surface area (Å²) >= 11 is 9.46. The first-order valence-corrected chi connectivity index (χ1v) is 7.28. The third-order valence-electron chi connectivity index (χ3n) is 3.37. The number of hydrogen-bond donors (Lipinski definition) is 1. The standard InChI is InChI=1S/C15H13BrClNO/c16-11-7-9(5-6-12(11)17)15-8-13(18)10-3-1-2-4-14(10)19-15/h1-7,13,15H,8,18H2/t13-,15?/m1/s1. The van der Waals surface area contributed by atoms with Crippen LogP contribution in [0.2, 0.25) is 5.02 Å². The molecule has 4 heteroatoms. The van der Waals surface area contributed by atoms with Crippen LogP contribution in [0.3, 0.4) is 0 Å². The predicted octanol–water partition coefficient (Wildman–Crippen LogP) is 4.63. The fraction of sp³-hybridized carbons (Fsp3) is 0.200. The lowest BCUT2D eigenvalue weighted by molar-refractivity contribution is 0.161. The molecule has 1 unspecified atom stereocenters. The SMILES string of the molecule is N[C@@H]1CC(c2ccc(Cl)c(Br)c2)Oc2ccccc21. The largest absolute Gasteiger partial charge is 0.485 e. The zero-order chi connectivity index (χ0) is 13.4. The molecule has 0 aliphatic carbocycles. The number of nitrogens with two attached hydrogens (primary N) is 1. The molecule has 0 radical (unpaired) electrons. The van der Waals surface area contributed by atoms with Crippen molar-refractivity contribution in [2.24, 2.45) is 5.73 Å². The van der Waals surface area contributed by atoms with Crippen molar-refractivity contribution in [2.75, 3.05) is 0 Å². The van der Waals surface area contributed by atoms with Gasteiger partial charge in [0.1, 0.15) is 11.9 Å². The molecule has 1 heterocycles. The third kappa shape index (κ3) is 2.50. The molecule has 2 aromatic rings. The monoisotopic (exact) mass is 337 g/mol. The predicted molar refractivity (Wildman–Crippen MR) is 80.5 cm³/mol. The number of hydrogen-bond acceptors (Lipinski definition) is 2. The van der Waals surface area contributed by atoms with E-state index in [2.05, 4.69) is 15.9 Å². The molecule has 3 rings (SSSR count). The van der Waals surface area contributed by atoms with Crippen molar-refractivity contribution in [3.63, 3.8) is 0 Å². The summed E-state index contributed by atoms with van der Waals surface area (Å²) in [4.78, 5) is 0. The summed E-state index contributed by atoms with van der Waals surface area (Å²) in [6, 6.07) is 13.8. The molecular formula is C15H13BrClNO. The Hall–Kier alpha value is -1.03. The molecule has 0 bridgehead atoms. The van der Waals surface area contributed by atoms with Crippen LogP contribution in [-0.4, -0.2) is 0 Å². The maximum Gasteiger partial charge on any atom is 0.126 e. The number of para-hydroxylation sites is 1. The number of ether oxygens (including phenoxy) is 1. The summed E-state index contributed by atoms with van der Waals surface area (Å²) < 4.78 is 6.92. The van der Waals surface area contributed by atoms with Gasteiger partial charge in [0.25, 0.3) is 0 Å². The van der Waals surface area contributed by atoms with Gasteiger partial charge >= 0.3 is 0 Å². The first-order valence-electron chi connectivity index (χ1n) is 6.11. The Bertz CT molecular complexity index is 617. The summed E-state index contributed by atoms with van der Waals surface area (Å²) in [6.07, 6.45) is 0.740. The van der Waals surface area contributed by atoms with Gasteiger partial charge in [-0.25, -0.2) is 0 Å². The fourth-order valence-corrected chi connectivity index (χ4v) is 2.88. The highest BCUT2D eigenvalue weighted by molar-refractivity contribution is 9.10. The lowest BCUT2D eigenvalue weighted by Crippen LogP contribution is -2.24. The number of rotatable bonds is 1. The van der Waals surface area contributed by atoms with Crippen LogP contribution in [0.5, 0.6) is 5.75 Å². The van der Waals surface area contributed by atoms with Crippen LogP contribution in [0.4, 0.5) is 0 Å². The lowest BCUT2D eigenvalue weighted by Gasteiger charge is -2.30. The van der Waals surface area contributed by atoms with E-state index in [0.717, 1.165) is 27.8 Å². The van der Waals surface area contributed by atoms with Crippen LogP contribution in [0, 0.1) is 0 Å². The minimum absolute atomic E-state index is 0.00408. The molecule has 0 aromatic heterocycles. The second-order valence-corrected chi connectivity index (χ2v) is 5.92. The average molecular weight is 339 g/mol. The number of benzene rings is 2. The van der Waals surface area contributed by atoms with Crippen LogP contribution in [0.1, 0.15) is 29.7 Å². The maximum atomic E-state index is 6.22. The Balaban J connectivity index is 1.94. The smallest absolute Gasteiger partial charge is 0.126 e. The zero-order valence-corrected chi connectivity index (χ0v) is 12.5. The van der Waals surface area contributed by atoms with Crippen molar-refractivity contribution < 1.29 is 4.74 Å². The summed E-state index contributed by atoms with van der Waals surface area (Å²) in [6.45, 7) is 0. The van der Waals surface area contributed by atoms with Gasteiger partial charge in [0.15, 0.2) is 0 Å². The minimum atomic E-state index is -0.0292. The van der Waals surface area contributed by atoms with E-state index in [4.69, 9.17) is 22.1 Å². The lowest BCUT2D eigenvalue weighted by atomic mass is 9.94. The molecular weight excluding hydrogens is 326 g/mol. The van der Waals surface area contributed by atoms with E-state index in [-0.39, 0.29) is 12.1 Å². The first kappa shape index (κ1) is 13.0. The summed E-state index contributed by atoms with van der Waals surface area (Å²) in [5.41, 5.74) is 8.38. The normalized spacial score (nSPS) is 21.6. The fourth-order valence-electron chi connectivity index (χ4n) is 2.37. The van der Waals surface area contributed by atoms with Gasteiger partial charge in [-0.05, 0) is 39.7 Å². The van der Waals surface area contributed by atoms with E-state index in [1.54, 1.807) is 0 Å². The van der Waals surface area contributed by atoms with Crippen molar-refractivity contribution in [2.45, 2.75) is 18.6 Å². The Morgan fingerprint density at radius 1 is 1.21 bits per heavy atom. The number of halogens is 2. The Morgan fingerprint density at radius 2 is 2.00 bits per heavy atom. The van der Waals surface area contributed by atoms with Crippen LogP contribution >= 0.6 is 27.5 Å². The molecule has 2 aromatic carbocycles. The molecule has 0 spiro atoms. The van der Waals surface area contributed by atoms with E-state index >= 15 is 0 Å².